The largest absolute Gasteiger partial charge is 0.444 e. The molecule has 0 saturated carbocycles. The number of aromatic nitrogens is 1. The van der Waals surface area contributed by atoms with Gasteiger partial charge in [0.05, 0.1) is 6.20 Å². The highest BCUT2D eigenvalue weighted by atomic mass is 16.4. The maximum absolute atomic E-state index is 11.7. The molecule has 0 aliphatic carbocycles. The highest BCUT2D eigenvalue weighted by molar-refractivity contribution is 5.76. The van der Waals surface area contributed by atoms with Crippen molar-refractivity contribution in [2.45, 2.75) is 52.6 Å². The van der Waals surface area contributed by atoms with Crippen LogP contribution in [0.2, 0.25) is 0 Å². The maximum atomic E-state index is 11.7. The first-order valence-corrected chi connectivity index (χ1v) is 6.24. The minimum atomic E-state index is -0.194. The van der Waals surface area contributed by atoms with Gasteiger partial charge in [-0.15, -0.1) is 0 Å². The number of nitrogens with zero attached hydrogens (tertiary/aromatic N) is 1. The highest BCUT2D eigenvalue weighted by Crippen LogP contribution is 2.11. The molecule has 0 radical (unpaired) electrons. The first-order valence-electron chi connectivity index (χ1n) is 6.24. The van der Waals surface area contributed by atoms with Crippen molar-refractivity contribution in [2.24, 2.45) is 0 Å². The number of hydrogen-bond donors (Lipinski definition) is 2. The van der Waals surface area contributed by atoms with Crippen LogP contribution in [0.25, 0.3) is 0 Å². The van der Waals surface area contributed by atoms with Crippen molar-refractivity contribution in [1.29, 1.82) is 0 Å². The first kappa shape index (κ1) is 14.7. The molecule has 1 aromatic heterocycles. The van der Waals surface area contributed by atoms with Gasteiger partial charge in [0.2, 0.25) is 11.8 Å². The van der Waals surface area contributed by atoms with E-state index >= 15 is 0 Å². The maximum Gasteiger partial charge on any atom is 0.221 e. The van der Waals surface area contributed by atoms with E-state index in [0.29, 0.717) is 18.9 Å². The van der Waals surface area contributed by atoms with Gasteiger partial charge in [-0.3, -0.25) is 4.79 Å². The van der Waals surface area contributed by atoms with Gasteiger partial charge in [0.1, 0.15) is 11.8 Å². The van der Waals surface area contributed by atoms with E-state index in [2.05, 4.69) is 36.4 Å². The van der Waals surface area contributed by atoms with Gasteiger partial charge in [0, 0.05) is 18.5 Å². The van der Waals surface area contributed by atoms with Crippen LogP contribution in [0.15, 0.2) is 10.6 Å². The Hall–Kier alpha value is -1.36. The second-order valence-electron chi connectivity index (χ2n) is 5.53. The Bertz CT molecular complexity index is 393. The summed E-state index contributed by atoms with van der Waals surface area (Å²) in [6.07, 6.45) is 2.10. The smallest absolute Gasteiger partial charge is 0.221 e. The van der Waals surface area contributed by atoms with Crippen molar-refractivity contribution >= 4 is 5.91 Å². The molecule has 1 amide bonds. The van der Waals surface area contributed by atoms with Crippen LogP contribution in [-0.2, 0) is 4.79 Å². The summed E-state index contributed by atoms with van der Waals surface area (Å²) in [7, 11) is 0. The normalized spacial score (nSPS) is 13.4. The van der Waals surface area contributed by atoms with Gasteiger partial charge >= 0.3 is 0 Å². The van der Waals surface area contributed by atoms with Gasteiger partial charge < -0.3 is 15.1 Å². The van der Waals surface area contributed by atoms with E-state index in [1.807, 2.05) is 13.8 Å². The third-order valence-electron chi connectivity index (χ3n) is 2.39. The van der Waals surface area contributed by atoms with Gasteiger partial charge in [-0.1, -0.05) is 0 Å². The molecule has 5 nitrogen and oxygen atoms in total. The van der Waals surface area contributed by atoms with E-state index < -0.39 is 0 Å². The molecule has 0 saturated heterocycles. The standard InChI is InChI=1S/C13H23N3O2/c1-9-8-14-12(18-9)10(2)16-11(17)6-7-15-13(3,4)5/h8,10,15H,6-7H2,1-5H3,(H,16,17). The summed E-state index contributed by atoms with van der Waals surface area (Å²) in [5.74, 6) is 1.29. The number of hydrogen-bond acceptors (Lipinski definition) is 4. The van der Waals surface area contributed by atoms with Gasteiger partial charge in [0.25, 0.3) is 0 Å². The van der Waals surface area contributed by atoms with Crippen molar-refractivity contribution in [3.8, 4) is 0 Å². The summed E-state index contributed by atoms with van der Waals surface area (Å²) in [5.41, 5.74) is 0.0333. The Kier molecular flexibility index (Phi) is 4.90. The van der Waals surface area contributed by atoms with Crippen LogP contribution in [0.3, 0.4) is 0 Å². The molecule has 18 heavy (non-hydrogen) atoms. The zero-order valence-electron chi connectivity index (χ0n) is 11.8. The van der Waals surface area contributed by atoms with Crippen molar-refractivity contribution in [1.82, 2.24) is 15.6 Å². The zero-order valence-corrected chi connectivity index (χ0v) is 11.8. The lowest BCUT2D eigenvalue weighted by molar-refractivity contribution is -0.121. The third-order valence-corrected chi connectivity index (χ3v) is 2.39. The Morgan fingerprint density at radius 1 is 1.50 bits per heavy atom. The minimum Gasteiger partial charge on any atom is -0.444 e. The summed E-state index contributed by atoms with van der Waals surface area (Å²) < 4.78 is 5.36. The molecule has 1 heterocycles. The fraction of sp³-hybridized carbons (Fsp3) is 0.692. The van der Waals surface area contributed by atoms with Gasteiger partial charge in [-0.2, -0.15) is 0 Å². The number of carbonyl (C=O) groups is 1. The Balaban J connectivity index is 2.32. The molecule has 102 valence electrons. The minimum absolute atomic E-state index is 0.00453. The topological polar surface area (TPSA) is 67.2 Å². The molecule has 2 N–H and O–H groups in total. The van der Waals surface area contributed by atoms with Crippen molar-refractivity contribution in [2.75, 3.05) is 6.54 Å². The molecule has 1 unspecified atom stereocenters. The summed E-state index contributed by atoms with van der Waals surface area (Å²) >= 11 is 0. The number of carbonyl (C=O) groups excluding carboxylic acids is 1. The first-order chi connectivity index (χ1) is 8.28. The van der Waals surface area contributed by atoms with E-state index in [0.717, 1.165) is 5.76 Å². The predicted octanol–water partition coefficient (Wildman–Crippen LogP) is 1.94. The summed E-state index contributed by atoms with van der Waals surface area (Å²) in [4.78, 5) is 15.8. The van der Waals surface area contributed by atoms with Crippen molar-refractivity contribution < 1.29 is 9.21 Å². The molecule has 0 aliphatic heterocycles. The zero-order chi connectivity index (χ0) is 13.8. The second kappa shape index (κ2) is 6.00. The number of oxazole rings is 1. The van der Waals surface area contributed by atoms with Gasteiger partial charge in [-0.25, -0.2) is 4.98 Å². The third kappa shape index (κ3) is 5.31. The van der Waals surface area contributed by atoms with Crippen LogP contribution >= 0.6 is 0 Å². The average molecular weight is 253 g/mol. The predicted molar refractivity (Wildman–Crippen MR) is 70.2 cm³/mol. The van der Waals surface area contributed by atoms with Crippen LogP contribution in [0.4, 0.5) is 0 Å². The molecule has 0 aromatic carbocycles. The lowest BCUT2D eigenvalue weighted by Gasteiger charge is -2.20. The summed E-state index contributed by atoms with van der Waals surface area (Å²) in [6.45, 7) is 10.6. The molecule has 1 atom stereocenters. The van der Waals surface area contributed by atoms with Gasteiger partial charge in [0.15, 0.2) is 0 Å². The van der Waals surface area contributed by atoms with Gasteiger partial charge in [-0.05, 0) is 34.6 Å². The van der Waals surface area contributed by atoms with Crippen LogP contribution < -0.4 is 10.6 Å². The van der Waals surface area contributed by atoms with E-state index in [1.165, 1.54) is 0 Å². The fourth-order valence-electron chi connectivity index (χ4n) is 1.50. The Morgan fingerprint density at radius 2 is 2.17 bits per heavy atom. The van der Waals surface area contributed by atoms with Crippen LogP contribution in [-0.4, -0.2) is 23.0 Å². The number of aryl methyl sites for hydroxylation is 1. The number of amides is 1. The molecular weight excluding hydrogens is 230 g/mol. The molecule has 0 fully saturated rings. The summed E-state index contributed by atoms with van der Waals surface area (Å²) in [5, 5.41) is 6.13. The van der Waals surface area contributed by atoms with E-state index in [1.54, 1.807) is 6.20 Å². The molecule has 0 spiro atoms. The molecule has 0 aliphatic rings. The van der Waals surface area contributed by atoms with E-state index in [4.69, 9.17) is 4.42 Å². The van der Waals surface area contributed by atoms with Crippen LogP contribution in [0.5, 0.6) is 0 Å². The summed E-state index contributed by atoms with van der Waals surface area (Å²) in [6, 6.07) is -0.194. The van der Waals surface area contributed by atoms with E-state index in [-0.39, 0.29) is 17.5 Å². The highest BCUT2D eigenvalue weighted by Gasteiger charge is 2.15. The van der Waals surface area contributed by atoms with Crippen molar-refractivity contribution in [3.05, 3.63) is 17.8 Å². The SMILES string of the molecule is Cc1cnc(C(C)NC(=O)CCNC(C)(C)C)o1. The molecule has 1 aromatic rings. The molecule has 5 heteroatoms. The fourth-order valence-corrected chi connectivity index (χ4v) is 1.50. The molecule has 1 rings (SSSR count). The average Bonchev–Trinajstić information content (AvgIpc) is 2.62. The van der Waals surface area contributed by atoms with Crippen LogP contribution in [0, 0.1) is 6.92 Å². The lowest BCUT2D eigenvalue weighted by Crippen LogP contribution is -2.38. The molecule has 0 bridgehead atoms. The Labute approximate surface area is 108 Å². The monoisotopic (exact) mass is 253 g/mol. The van der Waals surface area contributed by atoms with E-state index in [9.17, 15) is 4.79 Å². The van der Waals surface area contributed by atoms with Crippen molar-refractivity contribution in [3.63, 3.8) is 0 Å². The second-order valence-corrected chi connectivity index (χ2v) is 5.53. The molecular formula is C13H23N3O2. The number of rotatable bonds is 5. The number of nitrogens with one attached hydrogen (secondary N) is 2. The Morgan fingerprint density at radius 3 is 2.67 bits per heavy atom. The quantitative estimate of drug-likeness (QED) is 0.841. The van der Waals surface area contributed by atoms with Crippen LogP contribution in [0.1, 0.15) is 51.8 Å². The lowest BCUT2D eigenvalue weighted by atomic mass is 10.1.